The molecule has 1 aromatic heterocycles. The number of hydrogen-bond donors (Lipinski definition) is 3. The average molecular weight is 138 g/mol. The Balaban J connectivity index is 3.14. The van der Waals surface area contributed by atoms with Crippen molar-refractivity contribution in [1.82, 2.24) is 4.98 Å². The van der Waals surface area contributed by atoms with E-state index < -0.39 is 0 Å². The molecule has 1 heterocycles. The molecule has 0 aliphatic carbocycles. The first-order valence-electron chi connectivity index (χ1n) is 2.93. The molecule has 10 heavy (non-hydrogen) atoms. The van der Waals surface area contributed by atoms with Gasteiger partial charge in [-0.15, -0.1) is 0 Å². The van der Waals surface area contributed by atoms with E-state index in [1.165, 1.54) is 0 Å². The van der Waals surface area contributed by atoms with Gasteiger partial charge in [0.1, 0.15) is 0 Å². The molecule has 0 amide bonds. The summed E-state index contributed by atoms with van der Waals surface area (Å²) in [6, 6.07) is 1.72. The highest BCUT2D eigenvalue weighted by atomic mass is 15.2. The predicted octanol–water partition coefficient (Wildman–Crippen LogP) is 0.258. The van der Waals surface area contributed by atoms with Crippen LogP contribution >= 0.6 is 0 Å². The lowest BCUT2D eigenvalue weighted by atomic mass is 10.3. The van der Waals surface area contributed by atoms with Crippen LogP contribution in [0.1, 0.15) is 5.69 Å². The van der Waals surface area contributed by atoms with Crippen molar-refractivity contribution in [3.63, 3.8) is 0 Å². The first-order valence-corrected chi connectivity index (χ1v) is 2.93. The number of anilines is 2. The van der Waals surface area contributed by atoms with Gasteiger partial charge in [0.2, 0.25) is 0 Å². The van der Waals surface area contributed by atoms with Crippen LogP contribution in [0.4, 0.5) is 11.4 Å². The predicted molar refractivity (Wildman–Crippen MR) is 41.2 cm³/mol. The van der Waals surface area contributed by atoms with Gasteiger partial charge in [0, 0.05) is 6.20 Å². The molecule has 1 aromatic rings. The van der Waals surface area contributed by atoms with Gasteiger partial charge in [-0.05, 0) is 13.0 Å². The van der Waals surface area contributed by atoms with Gasteiger partial charge >= 0.3 is 0 Å². The van der Waals surface area contributed by atoms with E-state index in [2.05, 4.69) is 10.4 Å². The number of rotatable bonds is 1. The van der Waals surface area contributed by atoms with Crippen LogP contribution in [0.3, 0.4) is 0 Å². The molecule has 54 valence electrons. The van der Waals surface area contributed by atoms with Crippen LogP contribution in [0.2, 0.25) is 0 Å². The van der Waals surface area contributed by atoms with Crippen LogP contribution < -0.4 is 17.0 Å². The minimum Gasteiger partial charge on any atom is -0.396 e. The summed E-state index contributed by atoms with van der Waals surface area (Å²) in [4.78, 5) is 3.97. The number of pyridine rings is 1. The lowest BCUT2D eigenvalue weighted by molar-refractivity contribution is 1.19. The number of nitrogens with two attached hydrogens (primary N) is 2. The Morgan fingerprint density at radius 3 is 2.80 bits per heavy atom. The van der Waals surface area contributed by atoms with Gasteiger partial charge in [-0.2, -0.15) is 0 Å². The zero-order valence-corrected chi connectivity index (χ0v) is 5.76. The lowest BCUT2D eigenvalue weighted by Gasteiger charge is -2.04. The molecule has 0 aliphatic rings. The van der Waals surface area contributed by atoms with Crippen LogP contribution in [0, 0.1) is 6.92 Å². The maximum atomic E-state index is 5.59. The summed E-state index contributed by atoms with van der Waals surface area (Å²) in [7, 11) is 0. The molecule has 0 radical (unpaired) electrons. The Hall–Kier alpha value is -1.29. The first-order chi connectivity index (χ1) is 4.75. The summed E-state index contributed by atoms with van der Waals surface area (Å²) >= 11 is 0. The SMILES string of the molecule is Cc1nccc(NN)c1N. The van der Waals surface area contributed by atoms with Crippen LogP contribution in [0.15, 0.2) is 12.3 Å². The van der Waals surface area contributed by atoms with Gasteiger partial charge in [0.15, 0.2) is 0 Å². The molecule has 1 rings (SSSR count). The van der Waals surface area contributed by atoms with E-state index in [1.807, 2.05) is 6.92 Å². The summed E-state index contributed by atoms with van der Waals surface area (Å²) in [6.45, 7) is 1.83. The van der Waals surface area contributed by atoms with E-state index in [-0.39, 0.29) is 0 Å². The largest absolute Gasteiger partial charge is 0.396 e. The fourth-order valence-electron chi connectivity index (χ4n) is 0.704. The monoisotopic (exact) mass is 138 g/mol. The van der Waals surface area contributed by atoms with Crippen molar-refractivity contribution in [3.05, 3.63) is 18.0 Å². The smallest absolute Gasteiger partial charge is 0.0779 e. The number of aryl methyl sites for hydroxylation is 1. The molecule has 0 bridgehead atoms. The minimum absolute atomic E-state index is 0.602. The van der Waals surface area contributed by atoms with E-state index in [1.54, 1.807) is 12.3 Å². The normalized spacial score (nSPS) is 9.40. The molecule has 0 saturated carbocycles. The summed E-state index contributed by atoms with van der Waals surface area (Å²) < 4.78 is 0. The molecular weight excluding hydrogens is 128 g/mol. The van der Waals surface area contributed by atoms with E-state index in [0.717, 1.165) is 5.69 Å². The molecule has 5 N–H and O–H groups in total. The third-order valence-electron chi connectivity index (χ3n) is 1.34. The Morgan fingerprint density at radius 1 is 1.60 bits per heavy atom. The highest BCUT2D eigenvalue weighted by molar-refractivity contribution is 5.66. The van der Waals surface area contributed by atoms with Gasteiger partial charge in [-0.1, -0.05) is 0 Å². The van der Waals surface area contributed by atoms with Crippen molar-refractivity contribution < 1.29 is 0 Å². The van der Waals surface area contributed by atoms with Gasteiger partial charge in [0.05, 0.1) is 17.1 Å². The Labute approximate surface area is 59.2 Å². The zero-order chi connectivity index (χ0) is 7.56. The van der Waals surface area contributed by atoms with E-state index in [0.29, 0.717) is 11.4 Å². The van der Waals surface area contributed by atoms with Gasteiger partial charge in [0.25, 0.3) is 0 Å². The van der Waals surface area contributed by atoms with Gasteiger partial charge < -0.3 is 11.2 Å². The van der Waals surface area contributed by atoms with Crippen molar-refractivity contribution in [2.75, 3.05) is 11.2 Å². The molecule has 4 heteroatoms. The van der Waals surface area contributed by atoms with E-state index >= 15 is 0 Å². The molecule has 0 aliphatic heterocycles. The maximum absolute atomic E-state index is 5.59. The second kappa shape index (κ2) is 2.53. The van der Waals surface area contributed by atoms with Crippen LogP contribution in [-0.4, -0.2) is 4.98 Å². The van der Waals surface area contributed by atoms with Crippen molar-refractivity contribution in [3.8, 4) is 0 Å². The third kappa shape index (κ3) is 1.01. The topological polar surface area (TPSA) is 77.0 Å². The van der Waals surface area contributed by atoms with Crippen LogP contribution in [0.5, 0.6) is 0 Å². The molecule has 0 unspecified atom stereocenters. The van der Waals surface area contributed by atoms with Gasteiger partial charge in [-0.3, -0.25) is 10.8 Å². The standard InChI is InChI=1S/C6H10N4/c1-4-6(7)5(10-8)2-3-9-4/h2-3H,7-8H2,1H3,(H,9,10). The molecule has 0 saturated heterocycles. The number of nitrogen functional groups attached to an aromatic ring is 2. The minimum atomic E-state index is 0.602. The maximum Gasteiger partial charge on any atom is 0.0779 e. The Kier molecular flexibility index (Phi) is 1.73. The molecule has 0 spiro atoms. The fourth-order valence-corrected chi connectivity index (χ4v) is 0.704. The lowest BCUT2D eigenvalue weighted by Crippen LogP contribution is -2.10. The van der Waals surface area contributed by atoms with Crippen molar-refractivity contribution in [1.29, 1.82) is 0 Å². The quantitative estimate of drug-likeness (QED) is 0.384. The number of hydrogen-bond acceptors (Lipinski definition) is 4. The van der Waals surface area contributed by atoms with E-state index in [4.69, 9.17) is 11.6 Å². The van der Waals surface area contributed by atoms with Crippen molar-refractivity contribution in [2.24, 2.45) is 5.84 Å². The number of nitrogens with one attached hydrogen (secondary N) is 1. The fraction of sp³-hybridized carbons (Fsp3) is 0.167. The van der Waals surface area contributed by atoms with E-state index in [9.17, 15) is 0 Å². The molecular formula is C6H10N4. The van der Waals surface area contributed by atoms with Crippen molar-refractivity contribution in [2.45, 2.75) is 6.92 Å². The second-order valence-electron chi connectivity index (χ2n) is 2.00. The molecule has 0 aromatic carbocycles. The number of aromatic nitrogens is 1. The van der Waals surface area contributed by atoms with Crippen LogP contribution in [-0.2, 0) is 0 Å². The molecule has 4 nitrogen and oxygen atoms in total. The van der Waals surface area contributed by atoms with Crippen LogP contribution in [0.25, 0.3) is 0 Å². The molecule has 0 fully saturated rings. The second-order valence-corrected chi connectivity index (χ2v) is 2.00. The Bertz CT molecular complexity index is 233. The third-order valence-corrected chi connectivity index (χ3v) is 1.34. The highest BCUT2D eigenvalue weighted by Crippen LogP contribution is 2.17. The zero-order valence-electron chi connectivity index (χ0n) is 5.76. The first kappa shape index (κ1) is 6.82. The highest BCUT2D eigenvalue weighted by Gasteiger charge is 1.98. The molecule has 0 atom stereocenters. The summed E-state index contributed by atoms with van der Waals surface area (Å²) in [6.07, 6.45) is 1.65. The summed E-state index contributed by atoms with van der Waals surface area (Å²) in [5.41, 5.74) is 10.2. The number of nitrogens with zero attached hydrogens (tertiary/aromatic N) is 1. The summed E-state index contributed by atoms with van der Waals surface area (Å²) in [5, 5.41) is 0. The van der Waals surface area contributed by atoms with Gasteiger partial charge in [-0.25, -0.2) is 0 Å². The Morgan fingerprint density at radius 2 is 2.30 bits per heavy atom. The average Bonchev–Trinajstić information content (AvgIpc) is 1.95. The van der Waals surface area contributed by atoms with Crippen molar-refractivity contribution >= 4 is 11.4 Å². The number of hydrazine groups is 1. The summed E-state index contributed by atoms with van der Waals surface area (Å²) in [5.74, 6) is 5.16.